The summed E-state index contributed by atoms with van der Waals surface area (Å²) >= 11 is 0. The average molecular weight is 239 g/mol. The van der Waals surface area contributed by atoms with Gasteiger partial charge in [0.1, 0.15) is 5.67 Å². The Morgan fingerprint density at radius 3 is 2.18 bits per heavy atom. The molecule has 1 N–H and O–H groups in total. The first kappa shape index (κ1) is 13.8. The molecular weight excluding hydrogens is 217 g/mol. The van der Waals surface area contributed by atoms with Crippen molar-refractivity contribution in [3.63, 3.8) is 0 Å². The molecule has 17 heavy (non-hydrogen) atoms. The zero-order valence-electron chi connectivity index (χ0n) is 11.5. The Balaban J connectivity index is 3.19. The van der Waals surface area contributed by atoms with Crippen LogP contribution in [-0.2, 0) is 5.67 Å². The number of benzene rings is 1. The van der Waals surface area contributed by atoms with Crippen molar-refractivity contribution in [3.05, 3.63) is 23.8 Å². The Bertz CT molecular complexity index is 383. The van der Waals surface area contributed by atoms with E-state index in [-0.39, 0.29) is 0 Å². The lowest BCUT2D eigenvalue weighted by Crippen LogP contribution is -2.33. The first-order chi connectivity index (χ1) is 7.77. The second kappa shape index (κ2) is 4.92. The molecule has 1 rings (SSSR count). The third-order valence-electron chi connectivity index (χ3n) is 2.90. The molecule has 0 aliphatic heterocycles. The van der Waals surface area contributed by atoms with E-state index >= 15 is 0 Å². The summed E-state index contributed by atoms with van der Waals surface area (Å²) in [6, 6.07) is 5.62. The monoisotopic (exact) mass is 239 g/mol. The van der Waals surface area contributed by atoms with Crippen molar-refractivity contribution >= 4 is 11.4 Å². The van der Waals surface area contributed by atoms with Gasteiger partial charge in [-0.05, 0) is 31.5 Å². The topological polar surface area (TPSA) is 18.5 Å². The van der Waals surface area contributed by atoms with Gasteiger partial charge in [0.2, 0.25) is 0 Å². The molecule has 0 spiro atoms. The normalized spacial score (nSPS) is 11.8. The summed E-state index contributed by atoms with van der Waals surface area (Å²) in [5.41, 5.74) is 1.30. The smallest absolute Gasteiger partial charge is 0.130 e. The third kappa shape index (κ3) is 3.09. The standard InChI is InChI=1S/C13H22FN3/c1-13(2,14)10-7-8-12(11(9-10)15-3)17(6)16(4)5/h7-9,15H,1-6H3. The molecule has 0 unspecified atom stereocenters. The van der Waals surface area contributed by atoms with Gasteiger partial charge in [-0.3, -0.25) is 0 Å². The van der Waals surface area contributed by atoms with E-state index in [9.17, 15) is 4.39 Å². The molecule has 0 radical (unpaired) electrons. The molecule has 0 saturated carbocycles. The van der Waals surface area contributed by atoms with Crippen molar-refractivity contribution in [1.29, 1.82) is 0 Å². The van der Waals surface area contributed by atoms with Gasteiger partial charge in [0.15, 0.2) is 0 Å². The molecule has 96 valence electrons. The fourth-order valence-corrected chi connectivity index (χ4v) is 1.60. The van der Waals surface area contributed by atoms with Crippen LogP contribution >= 0.6 is 0 Å². The summed E-state index contributed by atoms with van der Waals surface area (Å²) in [7, 11) is 7.74. The summed E-state index contributed by atoms with van der Waals surface area (Å²) in [5.74, 6) is 0. The van der Waals surface area contributed by atoms with Gasteiger partial charge >= 0.3 is 0 Å². The largest absolute Gasteiger partial charge is 0.386 e. The molecule has 0 aliphatic rings. The van der Waals surface area contributed by atoms with E-state index < -0.39 is 5.67 Å². The van der Waals surface area contributed by atoms with Gasteiger partial charge in [0, 0.05) is 28.2 Å². The molecule has 0 amide bonds. The van der Waals surface area contributed by atoms with Crippen LogP contribution in [0.5, 0.6) is 0 Å². The first-order valence-electron chi connectivity index (χ1n) is 5.69. The predicted molar refractivity (Wildman–Crippen MR) is 72.2 cm³/mol. The quantitative estimate of drug-likeness (QED) is 0.815. The van der Waals surface area contributed by atoms with Crippen molar-refractivity contribution in [1.82, 2.24) is 5.01 Å². The van der Waals surface area contributed by atoms with Crippen LogP contribution in [0.2, 0.25) is 0 Å². The van der Waals surface area contributed by atoms with E-state index in [4.69, 9.17) is 0 Å². The first-order valence-corrected chi connectivity index (χ1v) is 5.69. The lowest BCUT2D eigenvalue weighted by atomic mass is 9.99. The zero-order chi connectivity index (χ0) is 13.2. The summed E-state index contributed by atoms with van der Waals surface area (Å²) in [5, 5.41) is 7.08. The second-order valence-corrected chi connectivity index (χ2v) is 4.83. The van der Waals surface area contributed by atoms with Gasteiger partial charge in [0.25, 0.3) is 0 Å². The summed E-state index contributed by atoms with van der Waals surface area (Å²) in [6.45, 7) is 3.13. The van der Waals surface area contributed by atoms with Crippen LogP contribution in [0.3, 0.4) is 0 Å². The lowest BCUT2D eigenvalue weighted by molar-refractivity contribution is 0.221. The van der Waals surface area contributed by atoms with Crippen LogP contribution in [0.1, 0.15) is 19.4 Å². The Morgan fingerprint density at radius 1 is 1.18 bits per heavy atom. The maximum absolute atomic E-state index is 13.9. The van der Waals surface area contributed by atoms with Crippen LogP contribution in [0.4, 0.5) is 15.8 Å². The zero-order valence-corrected chi connectivity index (χ0v) is 11.5. The molecule has 0 fully saturated rings. The van der Waals surface area contributed by atoms with Gasteiger partial charge in [-0.15, -0.1) is 0 Å². The van der Waals surface area contributed by atoms with Crippen LogP contribution in [-0.4, -0.2) is 33.2 Å². The van der Waals surface area contributed by atoms with Crippen LogP contribution < -0.4 is 10.3 Å². The van der Waals surface area contributed by atoms with E-state index in [1.54, 1.807) is 13.8 Å². The number of nitrogens with one attached hydrogen (secondary N) is 1. The summed E-state index contributed by atoms with van der Waals surface area (Å²) in [4.78, 5) is 0. The molecular formula is C13H22FN3. The van der Waals surface area contributed by atoms with E-state index in [2.05, 4.69) is 5.32 Å². The number of nitrogens with zero attached hydrogens (tertiary/aromatic N) is 2. The molecule has 0 saturated heterocycles. The predicted octanol–water partition coefficient (Wildman–Crippen LogP) is 2.85. The molecule has 4 heteroatoms. The van der Waals surface area contributed by atoms with Crippen molar-refractivity contribution in [2.75, 3.05) is 38.5 Å². The number of anilines is 2. The van der Waals surface area contributed by atoms with Crippen molar-refractivity contribution in [2.24, 2.45) is 0 Å². The second-order valence-electron chi connectivity index (χ2n) is 4.83. The summed E-state index contributed by atoms with van der Waals surface area (Å²) < 4.78 is 13.9. The van der Waals surface area contributed by atoms with Gasteiger partial charge in [-0.25, -0.2) is 9.40 Å². The fraction of sp³-hybridized carbons (Fsp3) is 0.538. The number of alkyl halides is 1. The number of hydrogen-bond acceptors (Lipinski definition) is 3. The highest BCUT2D eigenvalue weighted by Crippen LogP contribution is 2.32. The van der Waals surface area contributed by atoms with Crippen molar-refractivity contribution in [3.8, 4) is 0 Å². The molecule has 0 aliphatic carbocycles. The Hall–Kier alpha value is -1.29. The van der Waals surface area contributed by atoms with Crippen LogP contribution in [0.25, 0.3) is 0 Å². The van der Waals surface area contributed by atoms with E-state index in [0.29, 0.717) is 5.56 Å². The van der Waals surface area contributed by atoms with Crippen molar-refractivity contribution < 1.29 is 4.39 Å². The maximum atomic E-state index is 13.9. The SMILES string of the molecule is CNc1cc(C(C)(C)F)ccc1N(C)N(C)C. The molecule has 0 atom stereocenters. The number of hydrazine groups is 1. The van der Waals surface area contributed by atoms with E-state index in [1.807, 2.05) is 56.4 Å². The van der Waals surface area contributed by atoms with E-state index in [1.165, 1.54) is 0 Å². The number of rotatable bonds is 4. The minimum atomic E-state index is -1.32. The number of hydrogen-bond donors (Lipinski definition) is 1. The summed E-state index contributed by atoms with van der Waals surface area (Å²) in [6.07, 6.45) is 0. The fourth-order valence-electron chi connectivity index (χ4n) is 1.60. The average Bonchev–Trinajstić information content (AvgIpc) is 2.25. The third-order valence-corrected chi connectivity index (χ3v) is 2.90. The highest BCUT2D eigenvalue weighted by molar-refractivity contribution is 5.70. The molecule has 1 aromatic carbocycles. The Kier molecular flexibility index (Phi) is 3.98. The molecule has 0 heterocycles. The molecule has 0 bridgehead atoms. The van der Waals surface area contributed by atoms with Crippen LogP contribution in [0, 0.1) is 0 Å². The van der Waals surface area contributed by atoms with Gasteiger partial charge < -0.3 is 10.3 Å². The highest BCUT2D eigenvalue weighted by atomic mass is 19.1. The van der Waals surface area contributed by atoms with Crippen molar-refractivity contribution in [2.45, 2.75) is 19.5 Å². The molecule has 3 nitrogen and oxygen atoms in total. The lowest BCUT2D eigenvalue weighted by Gasteiger charge is -2.29. The van der Waals surface area contributed by atoms with Gasteiger partial charge in [-0.2, -0.15) is 0 Å². The van der Waals surface area contributed by atoms with Crippen LogP contribution in [0.15, 0.2) is 18.2 Å². The maximum Gasteiger partial charge on any atom is 0.130 e. The Labute approximate surface area is 103 Å². The highest BCUT2D eigenvalue weighted by Gasteiger charge is 2.20. The molecule has 0 aromatic heterocycles. The number of halogens is 1. The Morgan fingerprint density at radius 2 is 1.76 bits per heavy atom. The van der Waals surface area contributed by atoms with Gasteiger partial charge in [0.05, 0.1) is 11.4 Å². The molecule has 1 aromatic rings. The van der Waals surface area contributed by atoms with Gasteiger partial charge in [-0.1, -0.05) is 6.07 Å². The van der Waals surface area contributed by atoms with E-state index in [0.717, 1.165) is 11.4 Å². The minimum Gasteiger partial charge on any atom is -0.386 e. The minimum absolute atomic E-state index is 0.678.